The lowest BCUT2D eigenvalue weighted by Crippen LogP contribution is -2.34. The highest BCUT2D eigenvalue weighted by molar-refractivity contribution is 5.86. The Labute approximate surface area is 86.4 Å². The number of carboxylic acid groups (broad SMARTS) is 1. The van der Waals surface area contributed by atoms with Crippen LogP contribution in [0.25, 0.3) is 0 Å². The third kappa shape index (κ3) is 1.65. The first-order valence-electron chi connectivity index (χ1n) is 4.91. The molecule has 15 heavy (non-hydrogen) atoms. The van der Waals surface area contributed by atoms with E-state index in [9.17, 15) is 9.59 Å². The van der Waals surface area contributed by atoms with Crippen LogP contribution in [0.15, 0.2) is 11.0 Å². The van der Waals surface area contributed by atoms with E-state index in [-0.39, 0.29) is 5.56 Å². The molecule has 1 unspecified atom stereocenters. The van der Waals surface area contributed by atoms with Gasteiger partial charge in [-0.3, -0.25) is 9.36 Å². The molecule has 1 N–H and O–H groups in total. The fourth-order valence-corrected chi connectivity index (χ4v) is 1.83. The molecule has 0 saturated carbocycles. The van der Waals surface area contributed by atoms with Crippen molar-refractivity contribution in [2.24, 2.45) is 5.92 Å². The number of aromatic carboxylic acids is 1. The molecule has 80 valence electrons. The summed E-state index contributed by atoms with van der Waals surface area (Å²) in [4.78, 5) is 26.5. The van der Waals surface area contributed by atoms with E-state index in [0.717, 1.165) is 19.0 Å². The Kier molecular flexibility index (Phi) is 2.30. The van der Waals surface area contributed by atoms with Crippen molar-refractivity contribution in [2.45, 2.75) is 26.3 Å². The van der Waals surface area contributed by atoms with E-state index >= 15 is 0 Å². The molecule has 5 heteroatoms. The lowest BCUT2D eigenvalue weighted by molar-refractivity contribution is 0.0693. The van der Waals surface area contributed by atoms with Crippen molar-refractivity contribution in [3.63, 3.8) is 0 Å². The smallest absolute Gasteiger partial charge is 0.342 e. The molecule has 0 amide bonds. The molecule has 1 aromatic heterocycles. The van der Waals surface area contributed by atoms with Gasteiger partial charge in [-0.1, -0.05) is 6.92 Å². The van der Waals surface area contributed by atoms with Crippen LogP contribution < -0.4 is 5.56 Å². The Balaban J connectivity index is 2.54. The quantitative estimate of drug-likeness (QED) is 0.730. The van der Waals surface area contributed by atoms with E-state index in [1.165, 1.54) is 4.57 Å². The van der Waals surface area contributed by atoms with Crippen LogP contribution in [0.3, 0.4) is 0 Å². The highest BCUT2D eigenvalue weighted by atomic mass is 16.4. The summed E-state index contributed by atoms with van der Waals surface area (Å²) in [6, 6.07) is 0. The van der Waals surface area contributed by atoms with E-state index < -0.39 is 11.5 Å². The Bertz CT molecular complexity index is 464. The SMILES string of the molecule is CC1CCn2c(ncc(C(=O)O)c2=O)C1. The third-order valence-corrected chi connectivity index (χ3v) is 2.74. The molecule has 1 aromatic rings. The van der Waals surface area contributed by atoms with Crippen molar-refractivity contribution in [3.8, 4) is 0 Å². The lowest BCUT2D eigenvalue weighted by Gasteiger charge is -2.22. The Morgan fingerprint density at radius 1 is 1.67 bits per heavy atom. The maximum Gasteiger partial charge on any atom is 0.342 e. The normalized spacial score (nSPS) is 19.7. The second-order valence-electron chi connectivity index (χ2n) is 3.95. The summed E-state index contributed by atoms with van der Waals surface area (Å²) >= 11 is 0. The molecular formula is C10H12N2O3. The number of rotatable bonds is 1. The van der Waals surface area contributed by atoms with Crippen LogP contribution in [0, 0.1) is 5.92 Å². The number of aromatic nitrogens is 2. The summed E-state index contributed by atoms with van der Waals surface area (Å²) in [6.07, 6.45) is 2.81. The van der Waals surface area contributed by atoms with Gasteiger partial charge >= 0.3 is 5.97 Å². The van der Waals surface area contributed by atoms with Crippen LogP contribution in [-0.2, 0) is 13.0 Å². The number of carbonyl (C=O) groups is 1. The summed E-state index contributed by atoms with van der Waals surface area (Å²) < 4.78 is 1.48. The predicted molar refractivity (Wildman–Crippen MR) is 52.9 cm³/mol. The molecule has 5 nitrogen and oxygen atoms in total. The van der Waals surface area contributed by atoms with Crippen LogP contribution >= 0.6 is 0 Å². The van der Waals surface area contributed by atoms with Gasteiger partial charge in [0.05, 0.1) is 0 Å². The molecule has 0 radical (unpaired) electrons. The maximum atomic E-state index is 11.7. The third-order valence-electron chi connectivity index (χ3n) is 2.74. The van der Waals surface area contributed by atoms with Crippen LogP contribution in [0.2, 0.25) is 0 Å². The number of hydrogen-bond acceptors (Lipinski definition) is 3. The summed E-state index contributed by atoms with van der Waals surface area (Å²) in [5.41, 5.74) is -0.673. The van der Waals surface area contributed by atoms with Crippen molar-refractivity contribution >= 4 is 5.97 Å². The van der Waals surface area contributed by atoms with Gasteiger partial charge in [0.1, 0.15) is 11.4 Å². The van der Waals surface area contributed by atoms with E-state index in [4.69, 9.17) is 5.11 Å². The van der Waals surface area contributed by atoms with E-state index in [0.29, 0.717) is 18.3 Å². The zero-order valence-corrected chi connectivity index (χ0v) is 8.43. The van der Waals surface area contributed by atoms with Crippen molar-refractivity contribution in [1.29, 1.82) is 0 Å². The topological polar surface area (TPSA) is 72.2 Å². The largest absolute Gasteiger partial charge is 0.477 e. The summed E-state index contributed by atoms with van der Waals surface area (Å²) in [5.74, 6) is -0.00208. The average Bonchev–Trinajstić information content (AvgIpc) is 2.17. The van der Waals surface area contributed by atoms with Crippen molar-refractivity contribution in [3.05, 3.63) is 27.9 Å². The number of carboxylic acids is 1. The van der Waals surface area contributed by atoms with Crippen molar-refractivity contribution in [2.75, 3.05) is 0 Å². The molecule has 0 saturated heterocycles. The van der Waals surface area contributed by atoms with Gasteiger partial charge in [0.15, 0.2) is 0 Å². The highest BCUT2D eigenvalue weighted by Gasteiger charge is 2.20. The minimum absolute atomic E-state index is 0.242. The monoisotopic (exact) mass is 208 g/mol. The molecule has 0 bridgehead atoms. The van der Waals surface area contributed by atoms with Gasteiger partial charge in [0.25, 0.3) is 5.56 Å². The molecule has 2 heterocycles. The molecule has 1 atom stereocenters. The molecule has 0 aromatic carbocycles. The average molecular weight is 208 g/mol. The zero-order valence-electron chi connectivity index (χ0n) is 8.43. The standard InChI is InChI=1S/C10H12N2O3/c1-6-2-3-12-8(4-6)11-5-7(9(12)13)10(14)15/h5-6H,2-4H2,1H3,(H,14,15). The predicted octanol–water partition coefficient (Wildman–Crippen LogP) is 0.524. The van der Waals surface area contributed by atoms with Crippen LogP contribution in [0.4, 0.5) is 0 Å². The van der Waals surface area contributed by atoms with E-state index in [2.05, 4.69) is 11.9 Å². The fraction of sp³-hybridized carbons (Fsp3) is 0.500. The molecule has 0 fully saturated rings. The number of hydrogen-bond donors (Lipinski definition) is 1. The lowest BCUT2D eigenvalue weighted by atomic mass is 10.00. The van der Waals surface area contributed by atoms with Crippen LogP contribution in [0.5, 0.6) is 0 Å². The maximum absolute atomic E-state index is 11.7. The highest BCUT2D eigenvalue weighted by Crippen LogP contribution is 2.16. The van der Waals surface area contributed by atoms with Gasteiger partial charge in [0.2, 0.25) is 0 Å². The molecule has 1 aliphatic heterocycles. The Hall–Kier alpha value is -1.65. The van der Waals surface area contributed by atoms with Crippen molar-refractivity contribution in [1.82, 2.24) is 9.55 Å². The van der Waals surface area contributed by atoms with Gasteiger partial charge in [-0.2, -0.15) is 0 Å². The zero-order chi connectivity index (χ0) is 11.0. The van der Waals surface area contributed by atoms with Gasteiger partial charge in [-0.25, -0.2) is 9.78 Å². The minimum atomic E-state index is -1.21. The van der Waals surface area contributed by atoms with Gasteiger partial charge in [0, 0.05) is 19.2 Å². The Morgan fingerprint density at radius 2 is 2.40 bits per heavy atom. The second-order valence-corrected chi connectivity index (χ2v) is 3.95. The summed E-state index contributed by atoms with van der Waals surface area (Å²) in [6.45, 7) is 2.67. The molecule has 2 rings (SSSR count). The van der Waals surface area contributed by atoms with E-state index in [1.807, 2.05) is 0 Å². The summed E-state index contributed by atoms with van der Waals surface area (Å²) in [5, 5.41) is 8.77. The molecular weight excluding hydrogens is 196 g/mol. The summed E-state index contributed by atoms with van der Waals surface area (Å²) in [7, 11) is 0. The molecule has 1 aliphatic rings. The van der Waals surface area contributed by atoms with Gasteiger partial charge in [-0.05, 0) is 12.3 Å². The first-order chi connectivity index (χ1) is 7.09. The first-order valence-corrected chi connectivity index (χ1v) is 4.91. The van der Waals surface area contributed by atoms with Crippen molar-refractivity contribution < 1.29 is 9.90 Å². The number of fused-ring (bicyclic) bond motifs is 1. The van der Waals surface area contributed by atoms with Crippen LogP contribution in [-0.4, -0.2) is 20.6 Å². The van der Waals surface area contributed by atoms with Crippen LogP contribution in [0.1, 0.15) is 29.5 Å². The van der Waals surface area contributed by atoms with Gasteiger partial charge < -0.3 is 5.11 Å². The minimum Gasteiger partial charge on any atom is -0.477 e. The number of nitrogens with zero attached hydrogens (tertiary/aromatic N) is 2. The second kappa shape index (κ2) is 3.49. The van der Waals surface area contributed by atoms with Gasteiger partial charge in [-0.15, -0.1) is 0 Å². The Morgan fingerprint density at radius 3 is 3.07 bits per heavy atom. The molecule has 0 spiro atoms. The van der Waals surface area contributed by atoms with E-state index in [1.54, 1.807) is 0 Å². The fourth-order valence-electron chi connectivity index (χ4n) is 1.83. The molecule has 0 aliphatic carbocycles. The first kappa shape index (κ1) is 9.89.